The zero-order chi connectivity index (χ0) is 11.5. The molecule has 0 saturated heterocycles. The van der Waals surface area contributed by atoms with Crippen molar-refractivity contribution in [2.24, 2.45) is 0 Å². The number of benzene rings is 1. The molecule has 84 valence electrons. The number of para-hydroxylation sites is 1. The van der Waals surface area contributed by atoms with E-state index in [1.54, 1.807) is 20.2 Å². The molecule has 0 radical (unpaired) electrons. The summed E-state index contributed by atoms with van der Waals surface area (Å²) in [5.74, 6) is 0.800. The van der Waals surface area contributed by atoms with Crippen molar-refractivity contribution in [1.29, 1.82) is 0 Å². The number of aliphatic hydroxyl groups excluding tert-OH is 1. The zero-order valence-electron chi connectivity index (χ0n) is 9.18. The van der Waals surface area contributed by atoms with Gasteiger partial charge in [0.2, 0.25) is 0 Å². The van der Waals surface area contributed by atoms with Gasteiger partial charge in [-0.25, -0.2) is 4.98 Å². The van der Waals surface area contributed by atoms with Crippen molar-refractivity contribution >= 4 is 11.3 Å². The van der Waals surface area contributed by atoms with Crippen LogP contribution in [0.15, 0.2) is 30.5 Å². The minimum atomic E-state index is -0.471. The van der Waals surface area contributed by atoms with E-state index in [1.807, 2.05) is 24.3 Å². The maximum atomic E-state index is 9.45. The lowest BCUT2D eigenvalue weighted by Gasteiger charge is -2.04. The molecule has 4 heteroatoms. The Labute approximate surface area is 98.4 Å². The van der Waals surface area contributed by atoms with Crippen LogP contribution in [0.3, 0.4) is 0 Å². The van der Waals surface area contributed by atoms with Crippen molar-refractivity contribution in [3.05, 3.63) is 35.3 Å². The monoisotopic (exact) mass is 235 g/mol. The van der Waals surface area contributed by atoms with Gasteiger partial charge in [0.25, 0.3) is 0 Å². The van der Waals surface area contributed by atoms with Gasteiger partial charge in [-0.15, -0.1) is 11.3 Å². The standard InChI is InChI=1S/C12H13NO2S/c1-8(14)11-7-13-12(16-11)9-5-3-4-6-10(9)15-2/h3-8,14H,1-2H3. The second kappa shape index (κ2) is 4.63. The summed E-state index contributed by atoms with van der Waals surface area (Å²) >= 11 is 1.48. The van der Waals surface area contributed by atoms with Crippen molar-refractivity contribution < 1.29 is 9.84 Å². The molecule has 1 aromatic heterocycles. The van der Waals surface area contributed by atoms with Crippen molar-refractivity contribution in [3.8, 4) is 16.3 Å². The summed E-state index contributed by atoms with van der Waals surface area (Å²) in [7, 11) is 1.64. The fraction of sp³-hybridized carbons (Fsp3) is 0.250. The molecule has 0 spiro atoms. The third-order valence-electron chi connectivity index (χ3n) is 2.27. The zero-order valence-corrected chi connectivity index (χ0v) is 9.99. The summed E-state index contributed by atoms with van der Waals surface area (Å²) < 4.78 is 5.27. The second-order valence-electron chi connectivity index (χ2n) is 3.44. The summed E-state index contributed by atoms with van der Waals surface area (Å²) in [6, 6.07) is 7.73. The van der Waals surface area contributed by atoms with Gasteiger partial charge in [-0.2, -0.15) is 0 Å². The maximum Gasteiger partial charge on any atom is 0.129 e. The van der Waals surface area contributed by atoms with Crippen LogP contribution in [0.5, 0.6) is 5.75 Å². The van der Waals surface area contributed by atoms with Crippen LogP contribution in [-0.4, -0.2) is 17.2 Å². The normalized spacial score (nSPS) is 12.4. The number of rotatable bonds is 3. The number of hydrogen-bond donors (Lipinski definition) is 1. The molecular weight excluding hydrogens is 222 g/mol. The molecule has 16 heavy (non-hydrogen) atoms. The Kier molecular flexibility index (Phi) is 3.22. The van der Waals surface area contributed by atoms with Crippen molar-refractivity contribution in [1.82, 2.24) is 4.98 Å². The largest absolute Gasteiger partial charge is 0.496 e. The van der Waals surface area contributed by atoms with Crippen LogP contribution in [-0.2, 0) is 0 Å². The molecule has 0 fully saturated rings. The van der Waals surface area contributed by atoms with Crippen molar-refractivity contribution in [2.75, 3.05) is 7.11 Å². The predicted molar refractivity (Wildman–Crippen MR) is 64.7 cm³/mol. The lowest BCUT2D eigenvalue weighted by Crippen LogP contribution is -1.86. The van der Waals surface area contributed by atoms with E-state index >= 15 is 0 Å². The number of nitrogens with zero attached hydrogens (tertiary/aromatic N) is 1. The van der Waals surface area contributed by atoms with E-state index < -0.39 is 6.10 Å². The quantitative estimate of drug-likeness (QED) is 0.889. The molecule has 0 aliphatic rings. The molecule has 1 N–H and O–H groups in total. The Morgan fingerprint density at radius 1 is 1.38 bits per heavy atom. The van der Waals surface area contributed by atoms with Crippen LogP contribution in [0.4, 0.5) is 0 Å². The molecule has 1 atom stereocenters. The first-order chi connectivity index (χ1) is 7.72. The molecule has 1 heterocycles. The SMILES string of the molecule is COc1ccccc1-c1ncc(C(C)O)s1. The van der Waals surface area contributed by atoms with Crippen LogP contribution < -0.4 is 4.74 Å². The van der Waals surface area contributed by atoms with Gasteiger partial charge < -0.3 is 9.84 Å². The van der Waals surface area contributed by atoms with Crippen LogP contribution >= 0.6 is 11.3 Å². The number of methoxy groups -OCH3 is 1. The highest BCUT2D eigenvalue weighted by molar-refractivity contribution is 7.15. The van der Waals surface area contributed by atoms with Crippen LogP contribution in [0.25, 0.3) is 10.6 Å². The first-order valence-electron chi connectivity index (χ1n) is 4.99. The van der Waals surface area contributed by atoms with Gasteiger partial charge in [0.1, 0.15) is 10.8 Å². The molecule has 0 aliphatic carbocycles. The second-order valence-corrected chi connectivity index (χ2v) is 4.51. The van der Waals surface area contributed by atoms with E-state index in [-0.39, 0.29) is 0 Å². The van der Waals surface area contributed by atoms with E-state index in [0.29, 0.717) is 0 Å². The highest BCUT2D eigenvalue weighted by Gasteiger charge is 2.11. The highest BCUT2D eigenvalue weighted by Crippen LogP contribution is 2.34. The number of aliphatic hydroxyl groups is 1. The average Bonchev–Trinajstić information content (AvgIpc) is 2.78. The Bertz CT molecular complexity index is 479. The van der Waals surface area contributed by atoms with Gasteiger partial charge >= 0.3 is 0 Å². The van der Waals surface area contributed by atoms with Crippen molar-refractivity contribution in [2.45, 2.75) is 13.0 Å². The minimum absolute atomic E-state index is 0.471. The fourth-order valence-corrected chi connectivity index (χ4v) is 2.31. The summed E-state index contributed by atoms with van der Waals surface area (Å²) in [6.45, 7) is 1.74. The molecule has 0 amide bonds. The number of aromatic nitrogens is 1. The Hall–Kier alpha value is -1.39. The van der Waals surface area contributed by atoms with Gasteiger partial charge in [0.15, 0.2) is 0 Å². The molecule has 3 nitrogen and oxygen atoms in total. The Morgan fingerprint density at radius 2 is 2.12 bits per heavy atom. The molecule has 2 rings (SSSR count). The van der Waals surface area contributed by atoms with Gasteiger partial charge in [0, 0.05) is 6.20 Å². The number of ether oxygens (including phenoxy) is 1. The van der Waals surface area contributed by atoms with Gasteiger partial charge in [-0.3, -0.25) is 0 Å². The first-order valence-corrected chi connectivity index (χ1v) is 5.81. The minimum Gasteiger partial charge on any atom is -0.496 e. The van der Waals surface area contributed by atoms with E-state index in [2.05, 4.69) is 4.98 Å². The predicted octanol–water partition coefficient (Wildman–Crippen LogP) is 2.87. The van der Waals surface area contributed by atoms with Crippen molar-refractivity contribution in [3.63, 3.8) is 0 Å². The lowest BCUT2D eigenvalue weighted by atomic mass is 10.2. The summed E-state index contributed by atoms with van der Waals surface area (Å²) in [6.07, 6.45) is 1.23. The van der Waals surface area contributed by atoms with E-state index in [1.165, 1.54) is 11.3 Å². The number of hydrogen-bond acceptors (Lipinski definition) is 4. The fourth-order valence-electron chi connectivity index (χ4n) is 1.43. The molecule has 0 aliphatic heterocycles. The highest BCUT2D eigenvalue weighted by atomic mass is 32.1. The molecule has 1 aromatic carbocycles. The lowest BCUT2D eigenvalue weighted by molar-refractivity contribution is 0.203. The van der Waals surface area contributed by atoms with Crippen LogP contribution in [0, 0.1) is 0 Å². The summed E-state index contributed by atoms with van der Waals surface area (Å²) in [5, 5.41) is 10.3. The Balaban J connectivity index is 2.42. The molecule has 0 saturated carbocycles. The topological polar surface area (TPSA) is 42.4 Å². The average molecular weight is 235 g/mol. The summed E-state index contributed by atoms with van der Waals surface area (Å²) in [4.78, 5) is 5.16. The van der Waals surface area contributed by atoms with E-state index in [0.717, 1.165) is 21.2 Å². The summed E-state index contributed by atoms with van der Waals surface area (Å²) in [5.41, 5.74) is 0.960. The Morgan fingerprint density at radius 3 is 2.75 bits per heavy atom. The van der Waals surface area contributed by atoms with Gasteiger partial charge in [-0.05, 0) is 19.1 Å². The molecular formula is C12H13NO2S. The van der Waals surface area contributed by atoms with E-state index in [9.17, 15) is 5.11 Å². The van der Waals surface area contributed by atoms with Gasteiger partial charge in [-0.1, -0.05) is 12.1 Å². The smallest absolute Gasteiger partial charge is 0.129 e. The van der Waals surface area contributed by atoms with E-state index in [4.69, 9.17) is 4.74 Å². The van der Waals surface area contributed by atoms with Gasteiger partial charge in [0.05, 0.1) is 23.7 Å². The maximum absolute atomic E-state index is 9.45. The molecule has 2 aromatic rings. The molecule has 0 bridgehead atoms. The first kappa shape index (κ1) is 11.1. The molecule has 1 unspecified atom stereocenters. The van der Waals surface area contributed by atoms with Crippen LogP contribution in [0.1, 0.15) is 17.9 Å². The third-order valence-corrected chi connectivity index (χ3v) is 3.47. The van der Waals surface area contributed by atoms with Crippen LogP contribution in [0.2, 0.25) is 0 Å². The number of thiazole rings is 1. The third kappa shape index (κ3) is 2.08.